The SMILES string of the molecule is CC(=O)c1cc2c(cc1NC(=O)CN(C)Cc1cnc(C)s1)OCO2. The number of carbonyl (C=O) groups is 2. The molecule has 0 bridgehead atoms. The van der Waals surface area contributed by atoms with Gasteiger partial charge in [0.1, 0.15) is 0 Å². The third-order valence-electron chi connectivity index (χ3n) is 3.67. The molecule has 1 N–H and O–H groups in total. The Morgan fingerprint density at radius 3 is 2.68 bits per heavy atom. The average molecular weight is 361 g/mol. The number of hydrogen-bond acceptors (Lipinski definition) is 7. The van der Waals surface area contributed by atoms with E-state index in [1.54, 1.807) is 23.5 Å². The van der Waals surface area contributed by atoms with Gasteiger partial charge < -0.3 is 14.8 Å². The van der Waals surface area contributed by atoms with Gasteiger partial charge in [0.15, 0.2) is 17.3 Å². The number of anilines is 1. The van der Waals surface area contributed by atoms with Crippen LogP contribution in [0.5, 0.6) is 11.5 Å². The number of aryl methyl sites for hydroxylation is 1. The standard InChI is InChI=1S/C17H19N3O4S/c1-10(21)13-4-15-16(24-9-23-15)5-14(13)19-17(22)8-20(3)7-12-6-18-11(2)25-12/h4-6H,7-9H2,1-3H3,(H,19,22). The number of benzene rings is 1. The molecule has 3 rings (SSSR count). The van der Waals surface area contributed by atoms with Crippen LogP contribution in [0.15, 0.2) is 18.3 Å². The molecule has 0 atom stereocenters. The number of amides is 1. The van der Waals surface area contributed by atoms with Crippen molar-refractivity contribution in [2.24, 2.45) is 0 Å². The fraction of sp³-hybridized carbons (Fsp3) is 0.353. The number of likely N-dealkylation sites (N-methyl/N-ethyl adjacent to an activating group) is 1. The topological polar surface area (TPSA) is 80.8 Å². The van der Waals surface area contributed by atoms with Gasteiger partial charge in [-0.25, -0.2) is 4.98 Å². The third-order valence-corrected chi connectivity index (χ3v) is 4.57. The summed E-state index contributed by atoms with van der Waals surface area (Å²) in [5, 5.41) is 3.79. The Labute approximate surface area is 149 Å². The lowest BCUT2D eigenvalue weighted by atomic mass is 10.1. The summed E-state index contributed by atoms with van der Waals surface area (Å²) in [4.78, 5) is 31.4. The van der Waals surface area contributed by atoms with Crippen molar-refractivity contribution >= 4 is 28.7 Å². The first kappa shape index (κ1) is 17.4. The van der Waals surface area contributed by atoms with E-state index < -0.39 is 0 Å². The van der Waals surface area contributed by atoms with Gasteiger partial charge >= 0.3 is 0 Å². The van der Waals surface area contributed by atoms with E-state index in [4.69, 9.17) is 9.47 Å². The number of carbonyl (C=O) groups excluding carboxylic acids is 2. The quantitative estimate of drug-likeness (QED) is 0.796. The first-order valence-electron chi connectivity index (χ1n) is 7.76. The van der Waals surface area contributed by atoms with Gasteiger partial charge in [0, 0.05) is 29.2 Å². The van der Waals surface area contributed by atoms with Crippen LogP contribution in [0.4, 0.5) is 5.69 Å². The van der Waals surface area contributed by atoms with Crippen LogP contribution in [0, 0.1) is 6.92 Å². The minimum atomic E-state index is -0.204. The predicted molar refractivity (Wildman–Crippen MR) is 94.4 cm³/mol. The smallest absolute Gasteiger partial charge is 0.238 e. The summed E-state index contributed by atoms with van der Waals surface area (Å²) in [6.45, 7) is 4.35. The number of rotatable bonds is 6. The molecule has 8 heteroatoms. The van der Waals surface area contributed by atoms with E-state index >= 15 is 0 Å². The first-order valence-corrected chi connectivity index (χ1v) is 8.58. The fourth-order valence-electron chi connectivity index (χ4n) is 2.57. The summed E-state index contributed by atoms with van der Waals surface area (Å²) in [7, 11) is 1.86. The molecule has 0 spiro atoms. The largest absolute Gasteiger partial charge is 0.454 e. The zero-order valence-electron chi connectivity index (χ0n) is 14.3. The fourth-order valence-corrected chi connectivity index (χ4v) is 3.45. The maximum atomic E-state index is 12.3. The van der Waals surface area contributed by atoms with E-state index in [-0.39, 0.29) is 25.0 Å². The van der Waals surface area contributed by atoms with Crippen molar-refractivity contribution in [3.05, 3.63) is 33.8 Å². The number of thiazole rings is 1. The molecule has 2 heterocycles. The highest BCUT2D eigenvalue weighted by molar-refractivity contribution is 7.11. The number of aromatic nitrogens is 1. The summed E-state index contributed by atoms with van der Waals surface area (Å²) >= 11 is 1.61. The molecule has 0 unspecified atom stereocenters. The van der Waals surface area contributed by atoms with Crippen LogP contribution < -0.4 is 14.8 Å². The highest BCUT2D eigenvalue weighted by Gasteiger charge is 2.20. The molecule has 25 heavy (non-hydrogen) atoms. The number of nitrogens with zero attached hydrogens (tertiary/aromatic N) is 2. The summed E-state index contributed by atoms with van der Waals surface area (Å²) < 4.78 is 10.6. The van der Waals surface area contributed by atoms with Crippen molar-refractivity contribution in [3.8, 4) is 11.5 Å². The Hall–Kier alpha value is -2.45. The molecule has 0 aliphatic carbocycles. The molecule has 1 amide bonds. The van der Waals surface area contributed by atoms with Gasteiger partial charge in [-0.15, -0.1) is 11.3 Å². The molecule has 2 aromatic rings. The number of hydrogen-bond donors (Lipinski definition) is 1. The number of ketones is 1. The minimum absolute atomic E-state index is 0.112. The zero-order valence-corrected chi connectivity index (χ0v) is 15.1. The van der Waals surface area contributed by atoms with E-state index in [1.807, 2.05) is 25.1 Å². The van der Waals surface area contributed by atoms with Gasteiger partial charge in [-0.2, -0.15) is 0 Å². The van der Waals surface area contributed by atoms with Crippen molar-refractivity contribution in [1.82, 2.24) is 9.88 Å². The molecule has 0 radical (unpaired) electrons. The molecular weight excluding hydrogens is 342 g/mol. The van der Waals surface area contributed by atoms with E-state index in [0.29, 0.717) is 29.3 Å². The molecular formula is C17H19N3O4S. The van der Waals surface area contributed by atoms with E-state index in [9.17, 15) is 9.59 Å². The van der Waals surface area contributed by atoms with E-state index in [2.05, 4.69) is 10.3 Å². The lowest BCUT2D eigenvalue weighted by Crippen LogP contribution is -2.30. The Morgan fingerprint density at radius 1 is 1.32 bits per heavy atom. The van der Waals surface area contributed by atoms with Gasteiger partial charge in [0.2, 0.25) is 12.7 Å². The second kappa shape index (κ2) is 7.20. The van der Waals surface area contributed by atoms with Crippen LogP contribution in [0.3, 0.4) is 0 Å². The highest BCUT2D eigenvalue weighted by Crippen LogP contribution is 2.37. The molecule has 1 aromatic heterocycles. The number of Topliss-reactive ketones (excluding diaryl/α,β-unsaturated/α-hetero) is 1. The number of nitrogens with one attached hydrogen (secondary N) is 1. The maximum absolute atomic E-state index is 12.3. The van der Waals surface area contributed by atoms with Crippen LogP contribution in [0.25, 0.3) is 0 Å². The molecule has 1 aliphatic rings. The van der Waals surface area contributed by atoms with Gasteiger partial charge in [-0.05, 0) is 27.0 Å². The van der Waals surface area contributed by atoms with Crippen LogP contribution >= 0.6 is 11.3 Å². The van der Waals surface area contributed by atoms with E-state index in [1.165, 1.54) is 6.92 Å². The summed E-state index contributed by atoms with van der Waals surface area (Å²) in [5.74, 6) is 0.682. The molecule has 0 fully saturated rings. The second-order valence-electron chi connectivity index (χ2n) is 5.87. The monoisotopic (exact) mass is 361 g/mol. The van der Waals surface area contributed by atoms with Gasteiger partial charge in [-0.3, -0.25) is 14.5 Å². The Bertz CT molecular complexity index is 818. The molecule has 0 saturated carbocycles. The Morgan fingerprint density at radius 2 is 2.04 bits per heavy atom. The highest BCUT2D eigenvalue weighted by atomic mass is 32.1. The van der Waals surface area contributed by atoms with Crippen LogP contribution in [-0.2, 0) is 11.3 Å². The lowest BCUT2D eigenvalue weighted by molar-refractivity contribution is -0.117. The third kappa shape index (κ3) is 4.15. The zero-order chi connectivity index (χ0) is 18.0. The van der Waals surface area contributed by atoms with Gasteiger partial charge in [0.05, 0.1) is 17.2 Å². The van der Waals surface area contributed by atoms with Gasteiger partial charge in [0.25, 0.3) is 0 Å². The van der Waals surface area contributed by atoms with Crippen molar-refractivity contribution in [3.63, 3.8) is 0 Å². The Kier molecular flexibility index (Phi) is 5.00. The summed E-state index contributed by atoms with van der Waals surface area (Å²) in [6, 6.07) is 3.23. The van der Waals surface area contributed by atoms with E-state index in [0.717, 1.165) is 9.88 Å². The van der Waals surface area contributed by atoms with Crippen molar-refractivity contribution in [2.75, 3.05) is 25.7 Å². The number of fused-ring (bicyclic) bond motifs is 1. The first-order chi connectivity index (χ1) is 11.9. The molecule has 1 aromatic carbocycles. The van der Waals surface area contributed by atoms with Crippen LogP contribution in [0.1, 0.15) is 27.2 Å². The second-order valence-corrected chi connectivity index (χ2v) is 7.19. The van der Waals surface area contributed by atoms with Crippen molar-refractivity contribution in [1.29, 1.82) is 0 Å². The van der Waals surface area contributed by atoms with Crippen LogP contribution in [0.2, 0.25) is 0 Å². The molecule has 132 valence electrons. The average Bonchev–Trinajstić information content (AvgIpc) is 3.14. The van der Waals surface area contributed by atoms with Gasteiger partial charge in [-0.1, -0.05) is 0 Å². The Balaban J connectivity index is 1.67. The molecule has 1 aliphatic heterocycles. The molecule has 0 saturated heterocycles. The molecule has 7 nitrogen and oxygen atoms in total. The summed E-state index contributed by atoms with van der Waals surface area (Å²) in [5.41, 5.74) is 0.835. The number of ether oxygens (including phenoxy) is 2. The minimum Gasteiger partial charge on any atom is -0.454 e. The lowest BCUT2D eigenvalue weighted by Gasteiger charge is -2.16. The van der Waals surface area contributed by atoms with Crippen molar-refractivity contribution < 1.29 is 19.1 Å². The van der Waals surface area contributed by atoms with Crippen molar-refractivity contribution in [2.45, 2.75) is 20.4 Å². The predicted octanol–water partition coefficient (Wildman–Crippen LogP) is 2.45. The summed E-state index contributed by atoms with van der Waals surface area (Å²) in [6.07, 6.45) is 1.82. The normalized spacial score (nSPS) is 12.5. The maximum Gasteiger partial charge on any atom is 0.238 e. The van der Waals surface area contributed by atoms with Crippen LogP contribution in [-0.4, -0.2) is 42.0 Å².